The number of aromatic nitrogens is 4. The molecule has 1 N–H and O–H groups in total. The second-order valence-electron chi connectivity index (χ2n) is 6.33. The number of carbonyl (C=O) groups excluding carboxylic acids is 3. The van der Waals surface area contributed by atoms with Gasteiger partial charge in [-0.3, -0.25) is 19.3 Å². The van der Waals surface area contributed by atoms with Crippen LogP contribution < -0.4 is 5.43 Å². The molecule has 3 amide bonds. The number of rotatable bonds is 5. The summed E-state index contributed by atoms with van der Waals surface area (Å²) >= 11 is 0. The van der Waals surface area contributed by atoms with E-state index in [4.69, 9.17) is 0 Å². The smallest absolute Gasteiger partial charge is 0.269 e. The zero-order chi connectivity index (χ0) is 20.4. The van der Waals surface area contributed by atoms with Crippen LogP contribution in [0.2, 0.25) is 0 Å². The fourth-order valence-corrected chi connectivity index (χ4v) is 2.90. The highest BCUT2D eigenvalue weighted by molar-refractivity contribution is 6.22. The van der Waals surface area contributed by atoms with Gasteiger partial charge < -0.3 is 0 Å². The van der Waals surface area contributed by atoms with Crippen LogP contribution in [0.1, 0.15) is 38.0 Å². The first-order chi connectivity index (χ1) is 14.0. The van der Waals surface area contributed by atoms with Gasteiger partial charge in [0.25, 0.3) is 17.7 Å². The van der Waals surface area contributed by atoms with E-state index in [9.17, 15) is 14.4 Å². The van der Waals surface area contributed by atoms with Crippen LogP contribution in [0.4, 0.5) is 0 Å². The Morgan fingerprint density at radius 1 is 1.03 bits per heavy atom. The molecule has 0 fully saturated rings. The Balaban J connectivity index is 1.40. The van der Waals surface area contributed by atoms with Crippen LogP contribution in [0.15, 0.2) is 60.0 Å². The van der Waals surface area contributed by atoms with Crippen LogP contribution in [-0.4, -0.2) is 55.1 Å². The number of nitrogens with one attached hydrogen (secondary N) is 1. The number of hydrazone groups is 1. The summed E-state index contributed by atoms with van der Waals surface area (Å²) in [4.78, 5) is 38.1. The summed E-state index contributed by atoms with van der Waals surface area (Å²) in [6.07, 6.45) is 1.45. The number of hydrogen-bond donors (Lipinski definition) is 1. The lowest BCUT2D eigenvalue weighted by atomic mass is 10.1. The largest absolute Gasteiger partial charge is 0.271 e. The number of amides is 3. The number of benzene rings is 2. The zero-order valence-corrected chi connectivity index (χ0v) is 15.3. The molecule has 1 aliphatic heterocycles. The number of nitrogens with zero attached hydrogens (tertiary/aromatic N) is 6. The van der Waals surface area contributed by atoms with E-state index in [-0.39, 0.29) is 18.4 Å². The predicted octanol–water partition coefficient (Wildman–Crippen LogP) is 1.06. The Hall–Kier alpha value is -4.21. The summed E-state index contributed by atoms with van der Waals surface area (Å²) in [5, 5.41) is 14.9. The van der Waals surface area contributed by atoms with E-state index in [1.54, 1.807) is 55.5 Å². The van der Waals surface area contributed by atoms with Crippen molar-refractivity contribution >= 4 is 23.4 Å². The zero-order valence-electron chi connectivity index (χ0n) is 15.3. The average Bonchev–Trinajstić information content (AvgIpc) is 3.36. The first kappa shape index (κ1) is 18.2. The second-order valence-corrected chi connectivity index (χ2v) is 6.33. The molecular formula is C19H15N7O3. The maximum atomic E-state index is 12.4. The minimum absolute atomic E-state index is 0.00906. The van der Waals surface area contributed by atoms with E-state index < -0.39 is 5.91 Å². The molecule has 1 aliphatic rings. The fourth-order valence-electron chi connectivity index (χ4n) is 2.90. The molecule has 2 aromatic carbocycles. The van der Waals surface area contributed by atoms with E-state index >= 15 is 0 Å². The molecule has 4 rings (SSSR count). The minimum atomic E-state index is -0.421. The number of carbonyl (C=O) groups is 3. The summed E-state index contributed by atoms with van der Waals surface area (Å²) in [6, 6.07) is 13.3. The van der Waals surface area contributed by atoms with Crippen molar-refractivity contribution in [3.8, 4) is 5.69 Å². The summed E-state index contributed by atoms with van der Waals surface area (Å²) < 4.78 is 1.46. The Bertz CT molecular complexity index is 1090. The molecule has 3 aromatic rings. The number of hydrogen-bond acceptors (Lipinski definition) is 7. The van der Waals surface area contributed by atoms with Gasteiger partial charge in [-0.2, -0.15) is 5.10 Å². The van der Waals surface area contributed by atoms with Crippen LogP contribution in [0, 0.1) is 0 Å². The molecule has 0 saturated heterocycles. The highest BCUT2D eigenvalue weighted by atomic mass is 16.2. The molecule has 1 aromatic heterocycles. The van der Waals surface area contributed by atoms with Gasteiger partial charge in [0.1, 0.15) is 6.33 Å². The van der Waals surface area contributed by atoms with Gasteiger partial charge in [0.2, 0.25) is 0 Å². The second kappa shape index (κ2) is 7.43. The SMILES string of the molecule is C/C(CN1C(=O)c2ccccc2C1=O)=N\NC(=O)c1ccc(-n2cnnn2)cc1. The third kappa shape index (κ3) is 3.50. The third-order valence-corrected chi connectivity index (χ3v) is 4.36. The summed E-state index contributed by atoms with van der Waals surface area (Å²) in [5.41, 5.74) is 4.68. The molecule has 0 unspecified atom stereocenters. The van der Waals surface area contributed by atoms with Crippen molar-refractivity contribution in [3.05, 3.63) is 71.5 Å². The van der Waals surface area contributed by atoms with E-state index in [1.165, 1.54) is 11.0 Å². The van der Waals surface area contributed by atoms with E-state index in [1.807, 2.05) is 0 Å². The van der Waals surface area contributed by atoms with E-state index in [2.05, 4.69) is 26.1 Å². The third-order valence-electron chi connectivity index (χ3n) is 4.36. The molecule has 29 heavy (non-hydrogen) atoms. The normalized spacial score (nSPS) is 13.6. The first-order valence-electron chi connectivity index (χ1n) is 8.67. The van der Waals surface area contributed by atoms with Crippen molar-refractivity contribution in [2.24, 2.45) is 5.10 Å². The van der Waals surface area contributed by atoms with Crippen LogP contribution >= 0.6 is 0 Å². The molecule has 10 heteroatoms. The van der Waals surface area contributed by atoms with Crippen molar-refractivity contribution in [1.82, 2.24) is 30.5 Å². The lowest BCUT2D eigenvalue weighted by molar-refractivity contribution is 0.0677. The molecule has 0 bridgehead atoms. The molecule has 144 valence electrons. The van der Waals surface area contributed by atoms with Crippen LogP contribution in [0.5, 0.6) is 0 Å². The molecule has 0 aliphatic carbocycles. The standard InChI is InChI=1S/C19H15N7O3/c1-12(10-25-18(28)15-4-2-3-5-16(15)19(25)29)21-22-17(27)13-6-8-14(9-7-13)26-11-20-23-24-26/h2-9,11H,10H2,1H3,(H,22,27)/b21-12+. The number of tetrazole rings is 1. The van der Waals surface area contributed by atoms with Crippen molar-refractivity contribution < 1.29 is 14.4 Å². The Morgan fingerprint density at radius 2 is 1.69 bits per heavy atom. The number of imide groups is 1. The monoisotopic (exact) mass is 389 g/mol. The molecule has 0 radical (unpaired) electrons. The highest BCUT2D eigenvalue weighted by Gasteiger charge is 2.35. The first-order valence-corrected chi connectivity index (χ1v) is 8.67. The lowest BCUT2D eigenvalue weighted by Crippen LogP contribution is -2.35. The molecule has 0 saturated carbocycles. The number of fused-ring (bicyclic) bond motifs is 1. The summed E-state index contributed by atoms with van der Waals surface area (Å²) in [7, 11) is 0. The van der Waals surface area contributed by atoms with Gasteiger partial charge in [0.05, 0.1) is 29.1 Å². The molecule has 2 heterocycles. The van der Waals surface area contributed by atoms with Gasteiger partial charge in [-0.25, -0.2) is 10.1 Å². The van der Waals surface area contributed by atoms with Gasteiger partial charge in [0.15, 0.2) is 0 Å². The van der Waals surface area contributed by atoms with Crippen molar-refractivity contribution in [3.63, 3.8) is 0 Å². The maximum Gasteiger partial charge on any atom is 0.271 e. The lowest BCUT2D eigenvalue weighted by Gasteiger charge is -2.13. The Kier molecular flexibility index (Phi) is 4.65. The Labute approximate surface area is 164 Å². The molecular weight excluding hydrogens is 374 g/mol. The highest BCUT2D eigenvalue weighted by Crippen LogP contribution is 2.22. The topological polar surface area (TPSA) is 122 Å². The summed E-state index contributed by atoms with van der Waals surface area (Å²) in [5.74, 6) is -1.16. The van der Waals surface area contributed by atoms with Gasteiger partial charge in [-0.1, -0.05) is 12.1 Å². The average molecular weight is 389 g/mol. The molecule has 10 nitrogen and oxygen atoms in total. The van der Waals surface area contributed by atoms with Crippen molar-refractivity contribution in [2.75, 3.05) is 6.54 Å². The van der Waals surface area contributed by atoms with Gasteiger partial charge in [-0.05, 0) is 53.7 Å². The molecule has 0 atom stereocenters. The van der Waals surface area contributed by atoms with E-state index in [0.717, 1.165) is 4.90 Å². The van der Waals surface area contributed by atoms with E-state index in [0.29, 0.717) is 28.1 Å². The van der Waals surface area contributed by atoms with Crippen LogP contribution in [0.25, 0.3) is 5.69 Å². The van der Waals surface area contributed by atoms with Crippen molar-refractivity contribution in [1.29, 1.82) is 0 Å². The fraction of sp³-hybridized carbons (Fsp3) is 0.105. The van der Waals surface area contributed by atoms with Gasteiger partial charge in [-0.15, -0.1) is 5.10 Å². The van der Waals surface area contributed by atoms with Gasteiger partial charge >= 0.3 is 0 Å². The predicted molar refractivity (Wildman–Crippen MR) is 102 cm³/mol. The van der Waals surface area contributed by atoms with Crippen LogP contribution in [-0.2, 0) is 0 Å². The Morgan fingerprint density at radius 3 is 2.28 bits per heavy atom. The summed E-state index contributed by atoms with van der Waals surface area (Å²) in [6.45, 7) is 1.62. The van der Waals surface area contributed by atoms with Crippen LogP contribution in [0.3, 0.4) is 0 Å². The maximum absolute atomic E-state index is 12.4. The van der Waals surface area contributed by atoms with Crippen molar-refractivity contribution in [2.45, 2.75) is 6.92 Å². The van der Waals surface area contributed by atoms with Gasteiger partial charge in [0, 0.05) is 5.56 Å². The molecule has 0 spiro atoms. The minimum Gasteiger partial charge on any atom is -0.269 e. The quantitative estimate of drug-likeness (QED) is 0.396.